The first-order valence-corrected chi connectivity index (χ1v) is 7.86. The molecule has 1 aromatic rings. The quantitative estimate of drug-likeness (QED) is 0.915. The number of carbonyl (C=O) groups excluding carboxylic acids is 1. The van der Waals surface area contributed by atoms with Gasteiger partial charge in [-0.3, -0.25) is 4.79 Å². The van der Waals surface area contributed by atoms with Gasteiger partial charge in [0.15, 0.2) is 0 Å². The van der Waals surface area contributed by atoms with Crippen LogP contribution in [0.4, 0.5) is 4.39 Å². The van der Waals surface area contributed by atoms with Gasteiger partial charge in [-0.05, 0) is 37.0 Å². The largest absolute Gasteiger partial charge is 0.366 e. The molecule has 1 saturated heterocycles. The van der Waals surface area contributed by atoms with E-state index < -0.39 is 26.6 Å². The summed E-state index contributed by atoms with van der Waals surface area (Å²) in [4.78, 5) is 10.6. The van der Waals surface area contributed by atoms with E-state index in [-0.39, 0.29) is 5.56 Å². The second kappa shape index (κ2) is 5.49. The average molecular weight is 300 g/mol. The van der Waals surface area contributed by atoms with Crippen molar-refractivity contribution in [2.45, 2.75) is 24.7 Å². The minimum absolute atomic E-state index is 0.0182. The maximum atomic E-state index is 13.8. The third-order valence-corrected chi connectivity index (χ3v) is 5.49. The van der Waals surface area contributed by atoms with E-state index in [1.165, 1.54) is 10.4 Å². The Kier molecular flexibility index (Phi) is 4.10. The molecular formula is C13H17FN2O3S. The van der Waals surface area contributed by atoms with Crippen molar-refractivity contribution in [3.63, 3.8) is 0 Å². The molecule has 1 aliphatic heterocycles. The van der Waals surface area contributed by atoms with Crippen LogP contribution in [0, 0.1) is 11.7 Å². The van der Waals surface area contributed by atoms with E-state index >= 15 is 0 Å². The standard InChI is InChI=1S/C13H17FN2O3S/c1-9-4-6-16(7-5-9)20(18,19)12-8-10(13(15)17)2-3-11(12)14/h2-3,8-9H,4-7H2,1H3,(H2,15,17). The molecule has 2 N–H and O–H groups in total. The first-order chi connectivity index (χ1) is 9.32. The molecule has 1 heterocycles. The van der Waals surface area contributed by atoms with Crippen molar-refractivity contribution in [2.75, 3.05) is 13.1 Å². The molecule has 0 aromatic heterocycles. The topological polar surface area (TPSA) is 80.5 Å². The van der Waals surface area contributed by atoms with Gasteiger partial charge in [0, 0.05) is 18.7 Å². The lowest BCUT2D eigenvalue weighted by molar-refractivity contribution is 0.1000. The molecular weight excluding hydrogens is 283 g/mol. The molecule has 1 aliphatic rings. The van der Waals surface area contributed by atoms with Crippen molar-refractivity contribution in [2.24, 2.45) is 11.7 Å². The molecule has 0 unspecified atom stereocenters. The zero-order chi connectivity index (χ0) is 14.9. The molecule has 7 heteroatoms. The first-order valence-electron chi connectivity index (χ1n) is 6.42. The summed E-state index contributed by atoms with van der Waals surface area (Å²) >= 11 is 0. The molecule has 1 amide bonds. The van der Waals surface area contributed by atoms with Crippen LogP contribution >= 0.6 is 0 Å². The fourth-order valence-corrected chi connectivity index (χ4v) is 3.78. The third-order valence-electron chi connectivity index (χ3n) is 3.58. The Labute approximate surface area is 117 Å². The number of hydrogen-bond donors (Lipinski definition) is 1. The predicted molar refractivity (Wildman–Crippen MR) is 72.1 cm³/mol. The molecule has 0 spiro atoms. The van der Waals surface area contributed by atoms with Crippen LogP contribution < -0.4 is 5.73 Å². The van der Waals surface area contributed by atoms with Crippen molar-refractivity contribution in [1.29, 1.82) is 0 Å². The summed E-state index contributed by atoms with van der Waals surface area (Å²) in [5.74, 6) is -1.19. The molecule has 0 bridgehead atoms. The Morgan fingerprint density at radius 2 is 1.95 bits per heavy atom. The lowest BCUT2D eigenvalue weighted by atomic mass is 10.0. The fraction of sp³-hybridized carbons (Fsp3) is 0.462. The monoisotopic (exact) mass is 300 g/mol. The normalized spacial score (nSPS) is 18.1. The van der Waals surface area contributed by atoms with Crippen LogP contribution in [0.1, 0.15) is 30.1 Å². The van der Waals surface area contributed by atoms with Gasteiger partial charge in [0.2, 0.25) is 15.9 Å². The Morgan fingerprint density at radius 1 is 1.35 bits per heavy atom. The van der Waals surface area contributed by atoms with E-state index in [0.29, 0.717) is 19.0 Å². The highest BCUT2D eigenvalue weighted by Gasteiger charge is 2.30. The molecule has 2 rings (SSSR count). The summed E-state index contributed by atoms with van der Waals surface area (Å²) in [7, 11) is -3.92. The Hall–Kier alpha value is -1.47. The van der Waals surface area contributed by atoms with Gasteiger partial charge < -0.3 is 5.73 Å². The minimum Gasteiger partial charge on any atom is -0.366 e. The number of piperidine rings is 1. The van der Waals surface area contributed by atoms with Gasteiger partial charge in [-0.2, -0.15) is 4.31 Å². The van der Waals surface area contributed by atoms with Gasteiger partial charge in [-0.15, -0.1) is 0 Å². The van der Waals surface area contributed by atoms with E-state index in [1.54, 1.807) is 0 Å². The highest BCUT2D eigenvalue weighted by molar-refractivity contribution is 7.89. The van der Waals surface area contributed by atoms with Gasteiger partial charge >= 0.3 is 0 Å². The van der Waals surface area contributed by atoms with Crippen LogP contribution in [-0.4, -0.2) is 31.7 Å². The molecule has 1 fully saturated rings. The number of hydrogen-bond acceptors (Lipinski definition) is 3. The number of sulfonamides is 1. The van der Waals surface area contributed by atoms with Crippen LogP contribution in [0.3, 0.4) is 0 Å². The third kappa shape index (κ3) is 2.83. The maximum absolute atomic E-state index is 13.8. The molecule has 0 radical (unpaired) electrons. The van der Waals surface area contributed by atoms with Crippen molar-refractivity contribution >= 4 is 15.9 Å². The maximum Gasteiger partial charge on any atom is 0.248 e. The van der Waals surface area contributed by atoms with Crippen molar-refractivity contribution in [3.8, 4) is 0 Å². The second-order valence-electron chi connectivity index (χ2n) is 5.10. The summed E-state index contributed by atoms with van der Waals surface area (Å²) in [5, 5.41) is 0. The van der Waals surface area contributed by atoms with E-state index in [1.807, 2.05) is 0 Å². The predicted octanol–water partition coefficient (Wildman–Crippen LogP) is 1.35. The Morgan fingerprint density at radius 3 is 2.50 bits per heavy atom. The Bertz CT molecular complexity index is 623. The van der Waals surface area contributed by atoms with Crippen LogP contribution in [0.2, 0.25) is 0 Å². The van der Waals surface area contributed by atoms with Crippen molar-refractivity contribution in [3.05, 3.63) is 29.6 Å². The SMILES string of the molecule is CC1CCN(S(=O)(=O)c2cc(C(N)=O)ccc2F)CC1. The van der Waals surface area contributed by atoms with E-state index in [4.69, 9.17) is 5.73 Å². The van der Waals surface area contributed by atoms with Crippen LogP contribution in [0.25, 0.3) is 0 Å². The number of primary amides is 1. The summed E-state index contributed by atoms with van der Waals surface area (Å²) in [6.45, 7) is 2.78. The van der Waals surface area contributed by atoms with Gasteiger partial charge in [0.25, 0.3) is 0 Å². The second-order valence-corrected chi connectivity index (χ2v) is 7.00. The van der Waals surface area contributed by atoms with Crippen LogP contribution in [-0.2, 0) is 10.0 Å². The number of amides is 1. The fourth-order valence-electron chi connectivity index (χ4n) is 2.22. The highest BCUT2D eigenvalue weighted by atomic mass is 32.2. The molecule has 0 atom stereocenters. The van der Waals surface area contributed by atoms with Crippen molar-refractivity contribution < 1.29 is 17.6 Å². The van der Waals surface area contributed by atoms with E-state index in [2.05, 4.69) is 6.92 Å². The number of benzene rings is 1. The van der Waals surface area contributed by atoms with E-state index in [0.717, 1.165) is 25.0 Å². The lowest BCUT2D eigenvalue weighted by Crippen LogP contribution is -2.38. The number of carbonyl (C=O) groups is 1. The van der Waals surface area contributed by atoms with Gasteiger partial charge in [-0.1, -0.05) is 6.92 Å². The average Bonchev–Trinajstić information content (AvgIpc) is 2.39. The van der Waals surface area contributed by atoms with Gasteiger partial charge in [0.05, 0.1) is 0 Å². The molecule has 1 aromatic carbocycles. The summed E-state index contributed by atoms with van der Waals surface area (Å²) in [5.41, 5.74) is 5.08. The zero-order valence-corrected chi connectivity index (χ0v) is 12.0. The van der Waals surface area contributed by atoms with Gasteiger partial charge in [-0.25, -0.2) is 12.8 Å². The summed E-state index contributed by atoms with van der Waals surface area (Å²) in [6.07, 6.45) is 1.49. The minimum atomic E-state index is -3.92. The molecule has 5 nitrogen and oxygen atoms in total. The highest BCUT2D eigenvalue weighted by Crippen LogP contribution is 2.25. The lowest BCUT2D eigenvalue weighted by Gasteiger charge is -2.29. The first kappa shape index (κ1) is 14.9. The Balaban J connectivity index is 2.38. The summed E-state index contributed by atoms with van der Waals surface area (Å²) < 4.78 is 39.9. The number of nitrogens with zero attached hydrogens (tertiary/aromatic N) is 1. The smallest absolute Gasteiger partial charge is 0.248 e. The summed E-state index contributed by atoms with van der Waals surface area (Å²) in [6, 6.07) is 3.14. The molecule has 20 heavy (non-hydrogen) atoms. The molecule has 110 valence electrons. The van der Waals surface area contributed by atoms with Crippen molar-refractivity contribution in [1.82, 2.24) is 4.31 Å². The van der Waals surface area contributed by atoms with Crippen LogP contribution in [0.15, 0.2) is 23.1 Å². The number of rotatable bonds is 3. The zero-order valence-electron chi connectivity index (χ0n) is 11.2. The van der Waals surface area contributed by atoms with Gasteiger partial charge in [0.1, 0.15) is 10.7 Å². The number of nitrogens with two attached hydrogens (primary N) is 1. The molecule has 0 aliphatic carbocycles. The van der Waals surface area contributed by atoms with E-state index in [9.17, 15) is 17.6 Å². The van der Waals surface area contributed by atoms with Crippen LogP contribution in [0.5, 0.6) is 0 Å². The number of halogens is 1. The molecule has 0 saturated carbocycles.